The van der Waals surface area contributed by atoms with Crippen molar-refractivity contribution in [2.75, 3.05) is 0 Å². The predicted molar refractivity (Wildman–Crippen MR) is 70.3 cm³/mol. The molecule has 2 aromatic rings. The number of carbonyl (C=O) groups is 1. The third-order valence-electron chi connectivity index (χ3n) is 2.57. The highest BCUT2D eigenvalue weighted by molar-refractivity contribution is 7.16. The van der Waals surface area contributed by atoms with Crippen LogP contribution in [0.3, 0.4) is 0 Å². The summed E-state index contributed by atoms with van der Waals surface area (Å²) in [5, 5.41) is 12.1. The Kier molecular flexibility index (Phi) is 4.06. The van der Waals surface area contributed by atoms with Crippen LogP contribution < -0.4 is 5.32 Å². The highest BCUT2D eigenvalue weighted by Gasteiger charge is 2.14. The highest BCUT2D eigenvalue weighted by Crippen LogP contribution is 2.26. The molecule has 0 spiro atoms. The highest BCUT2D eigenvalue weighted by atomic mass is 35.5. The molecule has 0 aliphatic carbocycles. The molecule has 0 aliphatic rings. The minimum atomic E-state index is -0.979. The zero-order valence-electron chi connectivity index (χ0n) is 9.64. The van der Waals surface area contributed by atoms with Crippen LogP contribution in [0.15, 0.2) is 28.9 Å². The van der Waals surface area contributed by atoms with E-state index in [0.717, 1.165) is 9.21 Å². The Bertz CT molecular complexity index is 549. The number of rotatable bonds is 5. The van der Waals surface area contributed by atoms with Crippen LogP contribution in [0.4, 0.5) is 0 Å². The maximum absolute atomic E-state index is 10.9. The van der Waals surface area contributed by atoms with Crippen LogP contribution in [0.2, 0.25) is 4.34 Å². The van der Waals surface area contributed by atoms with Crippen molar-refractivity contribution in [2.24, 2.45) is 0 Å². The lowest BCUT2D eigenvalue weighted by Crippen LogP contribution is -2.18. The number of carboxylic acids is 1. The summed E-state index contributed by atoms with van der Waals surface area (Å²) in [6.45, 7) is 2.36. The van der Waals surface area contributed by atoms with Gasteiger partial charge in [-0.25, -0.2) is 4.79 Å². The Morgan fingerprint density at radius 2 is 2.33 bits per heavy atom. The van der Waals surface area contributed by atoms with Crippen molar-refractivity contribution in [1.82, 2.24) is 5.32 Å². The van der Waals surface area contributed by atoms with E-state index in [1.165, 1.54) is 23.7 Å². The van der Waals surface area contributed by atoms with Gasteiger partial charge in [-0.1, -0.05) is 11.6 Å². The van der Waals surface area contributed by atoms with Crippen molar-refractivity contribution in [3.05, 3.63) is 45.0 Å². The number of hydrogen-bond acceptors (Lipinski definition) is 4. The molecule has 0 bridgehead atoms. The third-order valence-corrected chi connectivity index (χ3v) is 3.98. The first-order valence-corrected chi connectivity index (χ1v) is 6.55. The van der Waals surface area contributed by atoms with Crippen molar-refractivity contribution in [3.8, 4) is 0 Å². The van der Waals surface area contributed by atoms with E-state index in [4.69, 9.17) is 21.1 Å². The van der Waals surface area contributed by atoms with Crippen molar-refractivity contribution in [1.29, 1.82) is 0 Å². The van der Waals surface area contributed by atoms with E-state index < -0.39 is 5.97 Å². The lowest BCUT2D eigenvalue weighted by molar-refractivity contribution is 0.0694. The fourth-order valence-electron chi connectivity index (χ4n) is 1.58. The van der Waals surface area contributed by atoms with Crippen LogP contribution in [-0.2, 0) is 6.54 Å². The molecule has 18 heavy (non-hydrogen) atoms. The van der Waals surface area contributed by atoms with E-state index in [9.17, 15) is 4.79 Å². The monoisotopic (exact) mass is 285 g/mol. The fraction of sp³-hybridized carbons (Fsp3) is 0.250. The number of aromatic carboxylic acids is 1. The minimum absolute atomic E-state index is 0.0919. The molecule has 0 saturated carbocycles. The summed E-state index contributed by atoms with van der Waals surface area (Å²) in [7, 11) is 0. The summed E-state index contributed by atoms with van der Waals surface area (Å²) < 4.78 is 5.89. The molecule has 0 saturated heterocycles. The van der Waals surface area contributed by atoms with Crippen LogP contribution >= 0.6 is 22.9 Å². The summed E-state index contributed by atoms with van der Waals surface area (Å²) in [6, 6.07) is 5.33. The molecular weight excluding hydrogens is 274 g/mol. The molecule has 1 unspecified atom stereocenters. The van der Waals surface area contributed by atoms with Crippen LogP contribution in [0, 0.1) is 0 Å². The minimum Gasteiger partial charge on any atom is -0.478 e. The Balaban J connectivity index is 1.99. The molecule has 2 rings (SSSR count). The number of carboxylic acid groups (broad SMARTS) is 1. The van der Waals surface area contributed by atoms with E-state index in [-0.39, 0.29) is 11.6 Å². The maximum Gasteiger partial charge on any atom is 0.339 e. The molecule has 0 fully saturated rings. The largest absolute Gasteiger partial charge is 0.478 e. The van der Waals surface area contributed by atoms with Crippen LogP contribution in [0.5, 0.6) is 0 Å². The van der Waals surface area contributed by atoms with Gasteiger partial charge in [0.15, 0.2) is 0 Å². The van der Waals surface area contributed by atoms with E-state index in [1.54, 1.807) is 0 Å². The molecule has 2 aromatic heterocycles. The van der Waals surface area contributed by atoms with Gasteiger partial charge in [0.25, 0.3) is 0 Å². The quantitative estimate of drug-likeness (QED) is 0.882. The van der Waals surface area contributed by atoms with Gasteiger partial charge in [0, 0.05) is 10.9 Å². The molecule has 0 radical (unpaired) electrons. The molecule has 1 atom stereocenters. The van der Waals surface area contributed by atoms with Crippen molar-refractivity contribution in [2.45, 2.75) is 19.5 Å². The van der Waals surface area contributed by atoms with Gasteiger partial charge in [0.05, 0.1) is 17.1 Å². The Labute approximate surface area is 113 Å². The molecule has 0 amide bonds. The zero-order chi connectivity index (χ0) is 13.1. The van der Waals surface area contributed by atoms with E-state index in [1.807, 2.05) is 19.1 Å². The second kappa shape index (κ2) is 5.56. The summed E-state index contributed by atoms with van der Waals surface area (Å²) in [4.78, 5) is 12.0. The van der Waals surface area contributed by atoms with E-state index in [0.29, 0.717) is 12.3 Å². The van der Waals surface area contributed by atoms with Crippen LogP contribution in [0.25, 0.3) is 0 Å². The van der Waals surface area contributed by atoms with Gasteiger partial charge < -0.3 is 14.8 Å². The standard InChI is InChI=1S/C12H12ClNO3S/c1-7(10-2-3-11(13)18-10)14-6-9-8(12(15)16)4-5-17-9/h2-5,7,14H,6H2,1H3,(H,15,16). The lowest BCUT2D eigenvalue weighted by atomic mass is 10.2. The zero-order valence-corrected chi connectivity index (χ0v) is 11.2. The lowest BCUT2D eigenvalue weighted by Gasteiger charge is -2.10. The number of hydrogen-bond donors (Lipinski definition) is 2. The molecule has 0 aromatic carbocycles. The Morgan fingerprint density at radius 3 is 2.94 bits per heavy atom. The second-order valence-corrected chi connectivity index (χ2v) is 5.55. The number of halogens is 1. The van der Waals surface area contributed by atoms with Crippen LogP contribution in [-0.4, -0.2) is 11.1 Å². The number of furan rings is 1. The van der Waals surface area contributed by atoms with Gasteiger partial charge in [0.1, 0.15) is 11.3 Å². The molecular formula is C12H12ClNO3S. The van der Waals surface area contributed by atoms with E-state index >= 15 is 0 Å². The second-order valence-electron chi connectivity index (χ2n) is 3.81. The predicted octanol–water partition coefficient (Wildman–Crippen LogP) is 3.54. The maximum atomic E-state index is 10.9. The number of thiophene rings is 1. The first-order valence-electron chi connectivity index (χ1n) is 5.36. The summed E-state index contributed by atoms with van der Waals surface area (Å²) in [5.74, 6) is -0.552. The molecule has 2 heterocycles. The molecule has 2 N–H and O–H groups in total. The van der Waals surface area contributed by atoms with Crippen molar-refractivity contribution in [3.63, 3.8) is 0 Å². The van der Waals surface area contributed by atoms with Gasteiger partial charge in [-0.15, -0.1) is 11.3 Å². The summed E-state index contributed by atoms with van der Waals surface area (Å²) in [5.41, 5.74) is 0.193. The smallest absolute Gasteiger partial charge is 0.339 e. The van der Waals surface area contributed by atoms with Gasteiger partial charge in [0.2, 0.25) is 0 Å². The summed E-state index contributed by atoms with van der Waals surface area (Å²) in [6.07, 6.45) is 1.38. The Hall–Kier alpha value is -1.30. The molecule has 4 nitrogen and oxygen atoms in total. The topological polar surface area (TPSA) is 62.5 Å². The van der Waals surface area contributed by atoms with Gasteiger partial charge in [-0.05, 0) is 25.1 Å². The summed E-state index contributed by atoms with van der Waals surface area (Å²) >= 11 is 7.37. The normalized spacial score (nSPS) is 12.6. The molecule has 6 heteroatoms. The average Bonchev–Trinajstić information content (AvgIpc) is 2.94. The van der Waals surface area contributed by atoms with Crippen LogP contribution in [0.1, 0.15) is 34.0 Å². The molecule has 96 valence electrons. The Morgan fingerprint density at radius 1 is 1.56 bits per heavy atom. The average molecular weight is 286 g/mol. The van der Waals surface area contributed by atoms with Crippen molar-refractivity contribution >= 4 is 28.9 Å². The third kappa shape index (κ3) is 2.93. The van der Waals surface area contributed by atoms with E-state index in [2.05, 4.69) is 5.32 Å². The first kappa shape index (κ1) is 13.1. The van der Waals surface area contributed by atoms with Gasteiger partial charge in [-0.2, -0.15) is 0 Å². The number of nitrogens with one attached hydrogen (secondary N) is 1. The van der Waals surface area contributed by atoms with Gasteiger partial charge in [-0.3, -0.25) is 0 Å². The first-order chi connectivity index (χ1) is 8.58. The molecule has 0 aliphatic heterocycles. The SMILES string of the molecule is CC(NCc1occc1C(=O)O)c1ccc(Cl)s1. The van der Waals surface area contributed by atoms with Gasteiger partial charge >= 0.3 is 5.97 Å². The van der Waals surface area contributed by atoms with Crippen molar-refractivity contribution < 1.29 is 14.3 Å². The fourth-order valence-corrected chi connectivity index (χ4v) is 2.66.